The predicted molar refractivity (Wildman–Crippen MR) is 70.6 cm³/mol. The maximum absolute atomic E-state index is 12.0. The zero-order valence-corrected chi connectivity index (χ0v) is 11.8. The summed E-state index contributed by atoms with van der Waals surface area (Å²) >= 11 is 3.23. The highest BCUT2D eigenvalue weighted by atomic mass is 79.9. The Balaban J connectivity index is 2.29. The number of amides is 2. The van der Waals surface area contributed by atoms with Crippen molar-refractivity contribution in [1.29, 1.82) is 0 Å². The molecule has 0 fully saturated rings. The predicted octanol–water partition coefficient (Wildman–Crippen LogP) is 0.267. The van der Waals surface area contributed by atoms with E-state index in [2.05, 4.69) is 31.4 Å². The van der Waals surface area contributed by atoms with Crippen LogP contribution >= 0.6 is 15.9 Å². The first kappa shape index (κ1) is 13.3. The van der Waals surface area contributed by atoms with E-state index in [1.807, 2.05) is 0 Å². The van der Waals surface area contributed by atoms with Gasteiger partial charge in [-0.2, -0.15) is 10.2 Å². The summed E-state index contributed by atoms with van der Waals surface area (Å²) in [7, 11) is 3.26. The van der Waals surface area contributed by atoms with Gasteiger partial charge >= 0.3 is 0 Å². The molecule has 9 heteroatoms. The third-order valence-electron chi connectivity index (χ3n) is 2.42. The summed E-state index contributed by atoms with van der Waals surface area (Å²) in [6, 6.07) is 0. The number of rotatable bonds is 3. The van der Waals surface area contributed by atoms with Crippen molar-refractivity contribution in [3.05, 3.63) is 28.3 Å². The van der Waals surface area contributed by atoms with Crippen molar-refractivity contribution in [2.75, 3.05) is 5.32 Å². The Morgan fingerprint density at radius 1 is 1.42 bits per heavy atom. The molecule has 0 aliphatic heterocycles. The molecule has 0 unspecified atom stereocenters. The van der Waals surface area contributed by atoms with Gasteiger partial charge in [0, 0.05) is 20.3 Å². The molecule has 0 aliphatic rings. The van der Waals surface area contributed by atoms with Gasteiger partial charge in [0.1, 0.15) is 5.69 Å². The summed E-state index contributed by atoms with van der Waals surface area (Å²) in [5.41, 5.74) is 5.81. The highest BCUT2D eigenvalue weighted by Crippen LogP contribution is 2.18. The Morgan fingerprint density at radius 3 is 2.63 bits per heavy atom. The molecule has 2 amide bonds. The molecular formula is C10H11BrN6O2. The molecule has 0 saturated carbocycles. The van der Waals surface area contributed by atoms with Crippen molar-refractivity contribution in [3.8, 4) is 0 Å². The molecule has 19 heavy (non-hydrogen) atoms. The number of hydrogen-bond donors (Lipinski definition) is 2. The van der Waals surface area contributed by atoms with E-state index in [0.717, 1.165) is 0 Å². The second-order valence-electron chi connectivity index (χ2n) is 3.85. The van der Waals surface area contributed by atoms with Gasteiger partial charge in [0.05, 0.1) is 16.4 Å². The summed E-state index contributed by atoms with van der Waals surface area (Å²) in [4.78, 5) is 23.3. The minimum absolute atomic E-state index is 0.125. The lowest BCUT2D eigenvalue weighted by atomic mass is 10.3. The number of aromatic nitrogens is 4. The Kier molecular flexibility index (Phi) is 3.38. The molecule has 100 valence electrons. The molecule has 0 aliphatic carbocycles. The molecule has 0 spiro atoms. The average molecular weight is 327 g/mol. The van der Waals surface area contributed by atoms with Crippen LogP contribution in [0.2, 0.25) is 0 Å². The SMILES string of the molecule is Cn1cc(Br)c(C(=O)Nc2cnn(C)c2C(N)=O)n1. The first-order valence-electron chi connectivity index (χ1n) is 5.22. The second-order valence-corrected chi connectivity index (χ2v) is 4.70. The number of carbonyl (C=O) groups excluding carboxylic acids is 2. The summed E-state index contributed by atoms with van der Waals surface area (Å²) in [6.45, 7) is 0. The number of nitrogens with two attached hydrogens (primary N) is 1. The fourth-order valence-corrected chi connectivity index (χ4v) is 2.17. The van der Waals surface area contributed by atoms with Crippen LogP contribution in [-0.4, -0.2) is 31.4 Å². The lowest BCUT2D eigenvalue weighted by molar-refractivity contribution is 0.0992. The minimum atomic E-state index is -0.671. The Labute approximate surface area is 116 Å². The lowest BCUT2D eigenvalue weighted by Crippen LogP contribution is -2.20. The number of nitrogens with zero attached hydrogens (tertiary/aromatic N) is 4. The van der Waals surface area contributed by atoms with Gasteiger partial charge in [0.15, 0.2) is 5.69 Å². The first-order chi connectivity index (χ1) is 8.90. The normalized spacial score (nSPS) is 10.5. The van der Waals surface area contributed by atoms with Crippen LogP contribution in [0.1, 0.15) is 21.0 Å². The van der Waals surface area contributed by atoms with E-state index >= 15 is 0 Å². The van der Waals surface area contributed by atoms with E-state index in [1.165, 1.54) is 15.6 Å². The number of carbonyl (C=O) groups is 2. The highest BCUT2D eigenvalue weighted by molar-refractivity contribution is 9.10. The molecule has 0 aromatic carbocycles. The van der Waals surface area contributed by atoms with E-state index < -0.39 is 11.8 Å². The van der Waals surface area contributed by atoms with Gasteiger partial charge in [0.25, 0.3) is 11.8 Å². The van der Waals surface area contributed by atoms with Gasteiger partial charge in [-0.05, 0) is 15.9 Å². The summed E-state index contributed by atoms with van der Waals surface area (Å²) in [5, 5.41) is 10.4. The molecule has 0 radical (unpaired) electrons. The Morgan fingerprint density at radius 2 is 2.11 bits per heavy atom. The highest BCUT2D eigenvalue weighted by Gasteiger charge is 2.19. The molecule has 2 rings (SSSR count). The maximum Gasteiger partial charge on any atom is 0.277 e. The molecule has 2 heterocycles. The van der Waals surface area contributed by atoms with Crippen LogP contribution in [-0.2, 0) is 14.1 Å². The molecule has 0 saturated heterocycles. The average Bonchev–Trinajstić information content (AvgIpc) is 2.82. The van der Waals surface area contributed by atoms with Crippen LogP contribution in [0.25, 0.3) is 0 Å². The number of nitrogens with one attached hydrogen (secondary N) is 1. The maximum atomic E-state index is 12.0. The van der Waals surface area contributed by atoms with Gasteiger partial charge in [-0.15, -0.1) is 0 Å². The molecule has 2 aromatic heterocycles. The van der Waals surface area contributed by atoms with E-state index in [9.17, 15) is 9.59 Å². The summed E-state index contributed by atoms with van der Waals surface area (Å²) in [6.07, 6.45) is 3.00. The van der Waals surface area contributed by atoms with Crippen LogP contribution in [0.5, 0.6) is 0 Å². The number of aryl methyl sites for hydroxylation is 2. The van der Waals surface area contributed by atoms with Gasteiger partial charge in [-0.25, -0.2) is 0 Å². The monoisotopic (exact) mass is 326 g/mol. The van der Waals surface area contributed by atoms with Gasteiger partial charge in [-0.1, -0.05) is 0 Å². The molecule has 0 bridgehead atoms. The van der Waals surface area contributed by atoms with E-state index in [0.29, 0.717) is 4.47 Å². The number of anilines is 1. The van der Waals surface area contributed by atoms with Crippen molar-refractivity contribution in [2.24, 2.45) is 19.8 Å². The molecule has 2 aromatic rings. The number of halogens is 1. The smallest absolute Gasteiger partial charge is 0.277 e. The fraction of sp³-hybridized carbons (Fsp3) is 0.200. The van der Waals surface area contributed by atoms with Gasteiger partial charge < -0.3 is 11.1 Å². The zero-order valence-electron chi connectivity index (χ0n) is 10.2. The fourth-order valence-electron chi connectivity index (χ4n) is 1.62. The largest absolute Gasteiger partial charge is 0.364 e. The molecular weight excluding hydrogens is 316 g/mol. The van der Waals surface area contributed by atoms with E-state index in [1.54, 1.807) is 20.3 Å². The minimum Gasteiger partial charge on any atom is -0.364 e. The molecule has 3 N–H and O–H groups in total. The zero-order chi connectivity index (χ0) is 14.2. The first-order valence-corrected chi connectivity index (χ1v) is 6.01. The topological polar surface area (TPSA) is 108 Å². The molecule has 8 nitrogen and oxygen atoms in total. The third-order valence-corrected chi connectivity index (χ3v) is 3.00. The Bertz CT molecular complexity index is 659. The van der Waals surface area contributed by atoms with Gasteiger partial charge in [-0.3, -0.25) is 19.0 Å². The Hall–Kier alpha value is -2.16. The van der Waals surface area contributed by atoms with Crippen molar-refractivity contribution in [1.82, 2.24) is 19.6 Å². The van der Waals surface area contributed by atoms with Crippen LogP contribution in [0.15, 0.2) is 16.9 Å². The van der Waals surface area contributed by atoms with Crippen molar-refractivity contribution >= 4 is 33.4 Å². The van der Waals surface area contributed by atoms with Crippen LogP contribution in [0.4, 0.5) is 5.69 Å². The van der Waals surface area contributed by atoms with E-state index in [4.69, 9.17) is 5.73 Å². The van der Waals surface area contributed by atoms with Crippen molar-refractivity contribution in [3.63, 3.8) is 0 Å². The summed E-state index contributed by atoms with van der Waals surface area (Å²) in [5.74, 6) is -1.13. The van der Waals surface area contributed by atoms with Crippen molar-refractivity contribution in [2.45, 2.75) is 0 Å². The third kappa shape index (κ3) is 2.50. The quantitative estimate of drug-likeness (QED) is 0.843. The number of hydrogen-bond acceptors (Lipinski definition) is 4. The van der Waals surface area contributed by atoms with Crippen LogP contribution in [0, 0.1) is 0 Å². The van der Waals surface area contributed by atoms with E-state index in [-0.39, 0.29) is 17.1 Å². The number of primary amides is 1. The second kappa shape index (κ2) is 4.84. The van der Waals surface area contributed by atoms with Crippen molar-refractivity contribution < 1.29 is 9.59 Å². The lowest BCUT2D eigenvalue weighted by Gasteiger charge is -2.03. The van der Waals surface area contributed by atoms with Crippen LogP contribution < -0.4 is 11.1 Å². The molecule has 0 atom stereocenters. The van der Waals surface area contributed by atoms with Gasteiger partial charge in [0.2, 0.25) is 0 Å². The standard InChI is InChI=1S/C10H11BrN6O2/c1-16-4-5(11)7(15-16)10(19)14-6-3-13-17(2)8(6)9(12)18/h3-4H,1-2H3,(H2,12,18)(H,14,19). The van der Waals surface area contributed by atoms with Crippen LogP contribution in [0.3, 0.4) is 0 Å². The summed E-state index contributed by atoms with van der Waals surface area (Å²) < 4.78 is 3.35.